The van der Waals surface area contributed by atoms with Crippen molar-refractivity contribution in [2.75, 3.05) is 25.0 Å². The maximum absolute atomic E-state index is 12.6. The molecule has 1 N–H and O–H groups in total. The van der Waals surface area contributed by atoms with Crippen molar-refractivity contribution in [1.29, 1.82) is 0 Å². The van der Waals surface area contributed by atoms with E-state index in [0.717, 1.165) is 49.2 Å². The molecule has 0 aromatic heterocycles. The van der Waals surface area contributed by atoms with E-state index in [-0.39, 0.29) is 17.9 Å². The number of hydrogen-bond donors (Lipinski definition) is 1. The van der Waals surface area contributed by atoms with Crippen LogP contribution in [0.15, 0.2) is 12.1 Å². The summed E-state index contributed by atoms with van der Waals surface area (Å²) < 4.78 is 5.19. The number of anilines is 1. The highest BCUT2D eigenvalue weighted by molar-refractivity contribution is 5.97. The Morgan fingerprint density at radius 2 is 1.76 bits per heavy atom. The van der Waals surface area contributed by atoms with Crippen LogP contribution in [-0.4, -0.2) is 42.5 Å². The van der Waals surface area contributed by atoms with Crippen molar-refractivity contribution in [1.82, 2.24) is 4.90 Å². The Hall–Kier alpha value is -1.88. The highest BCUT2D eigenvalue weighted by atomic mass is 16.5. The second kappa shape index (κ2) is 8.99. The molecule has 1 amide bonds. The van der Waals surface area contributed by atoms with E-state index >= 15 is 0 Å². The number of likely N-dealkylation sites (tertiary alicyclic amines) is 1. The van der Waals surface area contributed by atoms with Gasteiger partial charge in [0.05, 0.1) is 18.2 Å². The molecule has 0 bridgehead atoms. The van der Waals surface area contributed by atoms with Crippen LogP contribution < -0.4 is 5.32 Å². The highest BCUT2D eigenvalue weighted by Gasteiger charge is 2.24. The largest absolute Gasteiger partial charge is 0.462 e. The molecule has 2 rings (SSSR count). The number of esters is 1. The smallest absolute Gasteiger partial charge is 0.338 e. The minimum absolute atomic E-state index is 0.00871. The third-order valence-electron chi connectivity index (χ3n) is 4.77. The fourth-order valence-corrected chi connectivity index (χ4v) is 3.26. The molecule has 1 fully saturated rings. The lowest BCUT2D eigenvalue weighted by Crippen LogP contribution is -2.44. The SMILES string of the molecule is CCCOC(=O)c1cc(C)c(NC(=O)C(C)N2CCCCC2)c(C)c1. The van der Waals surface area contributed by atoms with Crippen molar-refractivity contribution in [2.45, 2.75) is 59.4 Å². The van der Waals surface area contributed by atoms with E-state index in [1.54, 1.807) is 12.1 Å². The van der Waals surface area contributed by atoms with Crippen molar-refractivity contribution in [3.8, 4) is 0 Å². The van der Waals surface area contributed by atoms with Gasteiger partial charge in [0.1, 0.15) is 0 Å². The van der Waals surface area contributed by atoms with Crippen molar-refractivity contribution in [2.24, 2.45) is 0 Å². The zero-order valence-electron chi connectivity index (χ0n) is 15.9. The molecule has 1 aliphatic rings. The van der Waals surface area contributed by atoms with Crippen LogP contribution in [0.1, 0.15) is 61.0 Å². The summed E-state index contributed by atoms with van der Waals surface area (Å²) in [5.74, 6) is -0.304. The molecule has 5 nitrogen and oxygen atoms in total. The fourth-order valence-electron chi connectivity index (χ4n) is 3.26. The summed E-state index contributed by atoms with van der Waals surface area (Å²) in [7, 11) is 0. The Morgan fingerprint density at radius 3 is 2.32 bits per heavy atom. The molecular weight excluding hydrogens is 316 g/mol. The van der Waals surface area contributed by atoms with Gasteiger partial charge in [-0.25, -0.2) is 4.79 Å². The normalized spacial score (nSPS) is 16.3. The molecule has 1 aromatic carbocycles. The summed E-state index contributed by atoms with van der Waals surface area (Å²) in [6.07, 6.45) is 4.36. The maximum Gasteiger partial charge on any atom is 0.338 e. The summed E-state index contributed by atoms with van der Waals surface area (Å²) in [5.41, 5.74) is 3.08. The van der Waals surface area contributed by atoms with Gasteiger partial charge in [-0.15, -0.1) is 0 Å². The molecule has 1 heterocycles. The maximum atomic E-state index is 12.6. The van der Waals surface area contributed by atoms with Crippen LogP contribution in [0.4, 0.5) is 5.69 Å². The number of carbonyl (C=O) groups excluding carboxylic acids is 2. The van der Waals surface area contributed by atoms with Gasteiger partial charge in [-0.05, 0) is 76.4 Å². The molecule has 1 aromatic rings. The molecule has 1 unspecified atom stereocenters. The lowest BCUT2D eigenvalue weighted by Gasteiger charge is -2.31. The lowest BCUT2D eigenvalue weighted by molar-refractivity contribution is -0.121. The summed E-state index contributed by atoms with van der Waals surface area (Å²) in [5, 5.41) is 3.05. The minimum atomic E-state index is -0.312. The number of nitrogens with one attached hydrogen (secondary N) is 1. The Kier molecular flexibility index (Phi) is 7.00. The number of aryl methyl sites for hydroxylation is 2. The van der Waals surface area contributed by atoms with Crippen LogP contribution in [0.5, 0.6) is 0 Å². The topological polar surface area (TPSA) is 58.6 Å². The average molecular weight is 346 g/mol. The molecule has 0 radical (unpaired) electrons. The predicted octanol–water partition coefficient (Wildman–Crippen LogP) is 3.68. The Bertz CT molecular complexity index is 598. The van der Waals surface area contributed by atoms with E-state index in [1.807, 2.05) is 27.7 Å². The number of amides is 1. The van der Waals surface area contributed by atoms with E-state index < -0.39 is 0 Å². The number of rotatable bonds is 6. The predicted molar refractivity (Wildman–Crippen MR) is 100 cm³/mol. The van der Waals surface area contributed by atoms with Crippen LogP contribution in [0, 0.1) is 13.8 Å². The number of ether oxygens (including phenoxy) is 1. The third-order valence-corrected chi connectivity index (χ3v) is 4.77. The third kappa shape index (κ3) is 5.05. The number of carbonyl (C=O) groups is 2. The highest BCUT2D eigenvalue weighted by Crippen LogP contribution is 2.24. The number of nitrogens with zero attached hydrogens (tertiary/aromatic N) is 1. The van der Waals surface area contributed by atoms with Crippen LogP contribution in [-0.2, 0) is 9.53 Å². The quantitative estimate of drug-likeness (QED) is 0.798. The Morgan fingerprint density at radius 1 is 1.16 bits per heavy atom. The molecule has 138 valence electrons. The molecular formula is C20H30N2O3. The van der Waals surface area contributed by atoms with Crippen molar-refractivity contribution < 1.29 is 14.3 Å². The van der Waals surface area contributed by atoms with Gasteiger partial charge in [-0.3, -0.25) is 9.69 Å². The van der Waals surface area contributed by atoms with Gasteiger partial charge in [0, 0.05) is 5.69 Å². The summed E-state index contributed by atoms with van der Waals surface area (Å²) in [6.45, 7) is 10.1. The minimum Gasteiger partial charge on any atom is -0.462 e. The first kappa shape index (κ1) is 19.4. The van der Waals surface area contributed by atoms with Gasteiger partial charge in [0.2, 0.25) is 5.91 Å². The van der Waals surface area contributed by atoms with Gasteiger partial charge in [-0.2, -0.15) is 0 Å². The second-order valence-corrected chi connectivity index (χ2v) is 6.88. The van der Waals surface area contributed by atoms with Gasteiger partial charge in [-0.1, -0.05) is 13.3 Å². The van der Waals surface area contributed by atoms with E-state index in [0.29, 0.717) is 12.2 Å². The van der Waals surface area contributed by atoms with E-state index in [1.165, 1.54) is 6.42 Å². The Labute approximate surface area is 150 Å². The molecule has 5 heteroatoms. The molecule has 1 atom stereocenters. The fraction of sp³-hybridized carbons (Fsp3) is 0.600. The first-order valence-corrected chi connectivity index (χ1v) is 9.27. The van der Waals surface area contributed by atoms with Crippen LogP contribution in [0.2, 0.25) is 0 Å². The zero-order valence-corrected chi connectivity index (χ0v) is 15.9. The molecule has 0 spiro atoms. The molecule has 25 heavy (non-hydrogen) atoms. The standard InChI is InChI=1S/C20H30N2O3/c1-5-11-25-20(24)17-12-14(2)18(15(3)13-17)21-19(23)16(4)22-9-7-6-8-10-22/h12-13,16H,5-11H2,1-4H3,(H,21,23). The van der Waals surface area contributed by atoms with Gasteiger partial charge in [0.25, 0.3) is 0 Å². The molecule has 0 aliphatic carbocycles. The van der Waals surface area contributed by atoms with Gasteiger partial charge >= 0.3 is 5.97 Å². The van der Waals surface area contributed by atoms with E-state index in [4.69, 9.17) is 4.74 Å². The number of piperidine rings is 1. The van der Waals surface area contributed by atoms with Crippen molar-refractivity contribution in [3.63, 3.8) is 0 Å². The second-order valence-electron chi connectivity index (χ2n) is 6.88. The summed E-state index contributed by atoms with van der Waals surface area (Å²) in [6, 6.07) is 3.42. The molecule has 1 aliphatic heterocycles. The number of hydrogen-bond acceptors (Lipinski definition) is 4. The number of benzene rings is 1. The summed E-state index contributed by atoms with van der Waals surface area (Å²) in [4.78, 5) is 26.9. The molecule has 0 saturated carbocycles. The van der Waals surface area contributed by atoms with Crippen LogP contribution in [0.25, 0.3) is 0 Å². The monoisotopic (exact) mass is 346 g/mol. The Balaban J connectivity index is 2.08. The van der Waals surface area contributed by atoms with E-state index in [2.05, 4.69) is 10.2 Å². The lowest BCUT2D eigenvalue weighted by atomic mass is 10.0. The van der Waals surface area contributed by atoms with Gasteiger partial charge in [0.15, 0.2) is 0 Å². The van der Waals surface area contributed by atoms with Crippen molar-refractivity contribution >= 4 is 17.6 Å². The van der Waals surface area contributed by atoms with Gasteiger partial charge < -0.3 is 10.1 Å². The first-order valence-electron chi connectivity index (χ1n) is 9.27. The molecule has 1 saturated heterocycles. The van der Waals surface area contributed by atoms with Crippen molar-refractivity contribution in [3.05, 3.63) is 28.8 Å². The van der Waals surface area contributed by atoms with Crippen LogP contribution >= 0.6 is 0 Å². The van der Waals surface area contributed by atoms with E-state index in [9.17, 15) is 9.59 Å². The zero-order chi connectivity index (χ0) is 18.4. The van der Waals surface area contributed by atoms with Crippen LogP contribution in [0.3, 0.4) is 0 Å². The first-order chi connectivity index (χ1) is 11.9. The summed E-state index contributed by atoms with van der Waals surface area (Å²) >= 11 is 0. The average Bonchev–Trinajstić information content (AvgIpc) is 2.62.